The molecule has 0 bridgehead atoms. The zero-order valence-corrected chi connectivity index (χ0v) is 12.8. The minimum absolute atomic E-state index is 0.172. The Labute approximate surface area is 122 Å². The Morgan fingerprint density at radius 3 is 2.45 bits per heavy atom. The van der Waals surface area contributed by atoms with Gasteiger partial charge in [-0.05, 0) is 69.7 Å². The van der Waals surface area contributed by atoms with Crippen LogP contribution in [0.4, 0.5) is 0 Å². The van der Waals surface area contributed by atoms with E-state index in [-0.39, 0.29) is 5.54 Å². The van der Waals surface area contributed by atoms with Gasteiger partial charge in [0.25, 0.3) is 0 Å². The number of benzene rings is 1. The summed E-state index contributed by atoms with van der Waals surface area (Å²) >= 11 is 0. The summed E-state index contributed by atoms with van der Waals surface area (Å²) in [5.41, 5.74) is 2.34. The Balaban J connectivity index is 1.80. The van der Waals surface area contributed by atoms with Gasteiger partial charge in [-0.25, -0.2) is 0 Å². The second-order valence-electron chi connectivity index (χ2n) is 7.05. The normalized spacial score (nSPS) is 22.8. The van der Waals surface area contributed by atoms with E-state index < -0.39 is 6.10 Å². The third-order valence-corrected chi connectivity index (χ3v) is 5.39. The Morgan fingerprint density at radius 2 is 1.85 bits per heavy atom. The molecule has 2 heteroatoms. The molecule has 3 rings (SSSR count). The van der Waals surface area contributed by atoms with Gasteiger partial charge in [0, 0.05) is 5.54 Å². The molecule has 2 aliphatic rings. The number of rotatable bonds is 4. The van der Waals surface area contributed by atoms with Gasteiger partial charge < -0.3 is 5.11 Å². The number of aliphatic hydroxyl groups is 1. The van der Waals surface area contributed by atoms with E-state index in [1.165, 1.54) is 37.7 Å². The number of hydrogen-bond acceptors (Lipinski definition) is 2. The summed E-state index contributed by atoms with van der Waals surface area (Å²) < 4.78 is 0. The van der Waals surface area contributed by atoms with Gasteiger partial charge in [-0.3, -0.25) is 4.90 Å². The summed E-state index contributed by atoms with van der Waals surface area (Å²) in [5, 5.41) is 10.9. The average Bonchev–Trinajstić information content (AvgIpc) is 2.90. The highest BCUT2D eigenvalue weighted by atomic mass is 16.3. The molecule has 1 saturated heterocycles. The van der Waals surface area contributed by atoms with Crippen LogP contribution in [0.25, 0.3) is 0 Å². The fraction of sp³-hybridized carbons (Fsp3) is 0.667. The van der Waals surface area contributed by atoms with Crippen LogP contribution in [0.2, 0.25) is 0 Å². The SMILES string of the molecule is CC(C)(C(O)c1cccc(C2CCC2)c1)N1CCCC1. The maximum Gasteiger partial charge on any atom is 0.0968 e. The Bertz CT molecular complexity index is 458. The molecule has 110 valence electrons. The van der Waals surface area contributed by atoms with E-state index in [0.717, 1.165) is 24.6 Å². The number of hydrogen-bond donors (Lipinski definition) is 1. The summed E-state index contributed by atoms with van der Waals surface area (Å²) in [4.78, 5) is 2.44. The fourth-order valence-electron chi connectivity index (χ4n) is 3.60. The second-order valence-corrected chi connectivity index (χ2v) is 7.05. The van der Waals surface area contributed by atoms with Gasteiger partial charge in [-0.2, -0.15) is 0 Å². The highest BCUT2D eigenvalue weighted by molar-refractivity contribution is 5.30. The van der Waals surface area contributed by atoms with E-state index in [1.807, 2.05) is 0 Å². The van der Waals surface area contributed by atoms with Gasteiger partial charge in [0.1, 0.15) is 0 Å². The smallest absolute Gasteiger partial charge is 0.0968 e. The van der Waals surface area contributed by atoms with E-state index >= 15 is 0 Å². The lowest BCUT2D eigenvalue weighted by atomic mass is 9.78. The van der Waals surface area contributed by atoms with Crippen molar-refractivity contribution in [3.8, 4) is 0 Å². The quantitative estimate of drug-likeness (QED) is 0.900. The molecule has 2 fully saturated rings. The van der Waals surface area contributed by atoms with Gasteiger partial charge in [0.15, 0.2) is 0 Å². The van der Waals surface area contributed by atoms with Crippen molar-refractivity contribution in [2.75, 3.05) is 13.1 Å². The maximum absolute atomic E-state index is 10.9. The van der Waals surface area contributed by atoms with Gasteiger partial charge >= 0.3 is 0 Å². The van der Waals surface area contributed by atoms with Crippen molar-refractivity contribution in [2.24, 2.45) is 0 Å². The molecule has 1 aliphatic carbocycles. The number of nitrogens with zero attached hydrogens (tertiary/aromatic N) is 1. The van der Waals surface area contributed by atoms with E-state index in [2.05, 4.69) is 43.0 Å². The minimum atomic E-state index is -0.402. The lowest BCUT2D eigenvalue weighted by molar-refractivity contribution is 0.00126. The van der Waals surface area contributed by atoms with Crippen LogP contribution in [0.3, 0.4) is 0 Å². The number of aliphatic hydroxyl groups excluding tert-OH is 1. The van der Waals surface area contributed by atoms with Crippen LogP contribution in [-0.4, -0.2) is 28.6 Å². The molecule has 0 amide bonds. The Kier molecular flexibility index (Phi) is 3.87. The molecule has 0 radical (unpaired) electrons. The molecule has 1 aromatic carbocycles. The average molecular weight is 273 g/mol. The third kappa shape index (κ3) is 2.51. The summed E-state index contributed by atoms with van der Waals surface area (Å²) in [6.45, 7) is 6.59. The van der Waals surface area contributed by atoms with Crippen LogP contribution >= 0.6 is 0 Å². The zero-order valence-electron chi connectivity index (χ0n) is 12.8. The van der Waals surface area contributed by atoms with Crippen LogP contribution in [0.5, 0.6) is 0 Å². The lowest BCUT2D eigenvalue weighted by Gasteiger charge is -2.40. The highest BCUT2D eigenvalue weighted by Crippen LogP contribution is 2.39. The largest absolute Gasteiger partial charge is 0.386 e. The predicted octanol–water partition coefficient (Wildman–Crippen LogP) is 3.86. The second kappa shape index (κ2) is 5.50. The molecule has 1 atom stereocenters. The summed E-state index contributed by atoms with van der Waals surface area (Å²) in [6, 6.07) is 8.67. The monoisotopic (exact) mass is 273 g/mol. The van der Waals surface area contributed by atoms with Crippen LogP contribution in [0.15, 0.2) is 24.3 Å². The lowest BCUT2D eigenvalue weighted by Crippen LogP contribution is -2.46. The summed E-state index contributed by atoms with van der Waals surface area (Å²) in [6.07, 6.45) is 6.11. The molecule has 0 aromatic heterocycles. The summed E-state index contributed by atoms with van der Waals surface area (Å²) in [5.74, 6) is 0.733. The van der Waals surface area contributed by atoms with Crippen molar-refractivity contribution < 1.29 is 5.11 Å². The van der Waals surface area contributed by atoms with E-state index in [9.17, 15) is 5.11 Å². The molecular formula is C18H27NO. The van der Waals surface area contributed by atoms with Gasteiger partial charge in [0.2, 0.25) is 0 Å². The predicted molar refractivity (Wildman–Crippen MR) is 82.9 cm³/mol. The molecule has 2 nitrogen and oxygen atoms in total. The van der Waals surface area contributed by atoms with Gasteiger partial charge in [-0.15, -0.1) is 0 Å². The molecular weight excluding hydrogens is 246 g/mol. The molecule has 1 aliphatic heterocycles. The van der Waals surface area contributed by atoms with Crippen LogP contribution in [-0.2, 0) is 0 Å². The highest BCUT2D eigenvalue weighted by Gasteiger charge is 2.36. The van der Waals surface area contributed by atoms with E-state index in [4.69, 9.17) is 0 Å². The minimum Gasteiger partial charge on any atom is -0.386 e. The first-order chi connectivity index (χ1) is 9.59. The molecule has 1 N–H and O–H groups in total. The van der Waals surface area contributed by atoms with Crippen molar-refractivity contribution in [3.63, 3.8) is 0 Å². The van der Waals surface area contributed by atoms with Gasteiger partial charge in [-0.1, -0.05) is 30.7 Å². The van der Waals surface area contributed by atoms with E-state index in [0.29, 0.717) is 0 Å². The third-order valence-electron chi connectivity index (χ3n) is 5.39. The molecule has 1 aromatic rings. The number of likely N-dealkylation sites (tertiary alicyclic amines) is 1. The summed E-state index contributed by atoms with van der Waals surface area (Å²) in [7, 11) is 0. The molecule has 0 spiro atoms. The van der Waals surface area contributed by atoms with E-state index in [1.54, 1.807) is 0 Å². The van der Waals surface area contributed by atoms with Crippen molar-refractivity contribution in [3.05, 3.63) is 35.4 Å². The molecule has 1 unspecified atom stereocenters. The first-order valence-electron chi connectivity index (χ1n) is 8.12. The molecule has 1 saturated carbocycles. The van der Waals surface area contributed by atoms with Crippen molar-refractivity contribution in [1.82, 2.24) is 4.90 Å². The first-order valence-corrected chi connectivity index (χ1v) is 8.12. The Hall–Kier alpha value is -0.860. The van der Waals surface area contributed by atoms with Crippen molar-refractivity contribution in [1.29, 1.82) is 0 Å². The zero-order chi connectivity index (χ0) is 14.2. The maximum atomic E-state index is 10.9. The fourth-order valence-corrected chi connectivity index (χ4v) is 3.60. The molecule has 1 heterocycles. The van der Waals surface area contributed by atoms with Crippen molar-refractivity contribution in [2.45, 2.75) is 63.5 Å². The van der Waals surface area contributed by atoms with Crippen LogP contribution in [0, 0.1) is 0 Å². The van der Waals surface area contributed by atoms with Gasteiger partial charge in [0.05, 0.1) is 6.10 Å². The topological polar surface area (TPSA) is 23.5 Å². The first kappa shape index (κ1) is 14.1. The Morgan fingerprint density at radius 1 is 1.15 bits per heavy atom. The standard InChI is InChI=1S/C18H27NO/c1-18(2,19-11-3-4-12-19)17(20)16-10-6-9-15(13-16)14-7-5-8-14/h6,9-10,13-14,17,20H,3-5,7-8,11-12H2,1-2H3. The molecule has 20 heavy (non-hydrogen) atoms. The van der Waals surface area contributed by atoms with Crippen LogP contribution < -0.4 is 0 Å². The van der Waals surface area contributed by atoms with Crippen molar-refractivity contribution >= 4 is 0 Å². The van der Waals surface area contributed by atoms with Crippen LogP contribution in [0.1, 0.15) is 69.1 Å².